The van der Waals surface area contributed by atoms with Gasteiger partial charge in [-0.1, -0.05) is 48.0 Å². The molecule has 0 atom stereocenters. The lowest BCUT2D eigenvalue weighted by atomic mass is 10.1. The molecule has 0 bridgehead atoms. The van der Waals surface area contributed by atoms with Gasteiger partial charge in [-0.25, -0.2) is 9.78 Å². The largest absolute Gasteiger partial charge is 0.331 e. The first kappa shape index (κ1) is 19.0. The monoisotopic (exact) mass is 404 g/mol. The number of rotatable bonds is 5. The van der Waals surface area contributed by atoms with E-state index >= 15 is 0 Å². The molecule has 0 aliphatic carbocycles. The number of hydrogen-bond donors (Lipinski definition) is 2. The molecule has 0 unspecified atom stereocenters. The molecule has 0 saturated carbocycles. The smallest absolute Gasteiger partial charge is 0.323 e. The Balaban J connectivity index is 1.36. The SMILES string of the molecule is Cn1c(CCc2ccc(NC(=O)Nc3ccccc3Cl)cc2)nc2ccccc21. The first-order valence-corrected chi connectivity index (χ1v) is 9.80. The molecule has 3 aromatic carbocycles. The van der Waals surface area contributed by atoms with E-state index in [-0.39, 0.29) is 6.03 Å². The Bertz CT molecular complexity index is 1150. The van der Waals surface area contributed by atoms with Crippen molar-refractivity contribution in [2.45, 2.75) is 12.8 Å². The summed E-state index contributed by atoms with van der Waals surface area (Å²) in [6, 6.07) is 22.8. The second-order valence-electron chi connectivity index (χ2n) is 6.83. The highest BCUT2D eigenvalue weighted by molar-refractivity contribution is 6.33. The molecule has 146 valence electrons. The van der Waals surface area contributed by atoms with Crippen LogP contribution >= 0.6 is 11.6 Å². The summed E-state index contributed by atoms with van der Waals surface area (Å²) in [6.07, 6.45) is 1.73. The van der Waals surface area contributed by atoms with Gasteiger partial charge in [0, 0.05) is 19.2 Å². The van der Waals surface area contributed by atoms with E-state index in [0.29, 0.717) is 10.7 Å². The predicted octanol–water partition coefficient (Wildman–Crippen LogP) is 5.66. The lowest BCUT2D eigenvalue weighted by molar-refractivity contribution is 0.262. The molecule has 1 aromatic heterocycles. The van der Waals surface area contributed by atoms with Gasteiger partial charge < -0.3 is 15.2 Å². The molecule has 0 saturated heterocycles. The van der Waals surface area contributed by atoms with Crippen LogP contribution in [0.5, 0.6) is 0 Å². The highest BCUT2D eigenvalue weighted by Gasteiger charge is 2.08. The first-order chi connectivity index (χ1) is 14.1. The number of benzene rings is 3. The number of hydrogen-bond acceptors (Lipinski definition) is 2. The molecule has 2 amide bonds. The zero-order valence-corrected chi connectivity index (χ0v) is 16.8. The summed E-state index contributed by atoms with van der Waals surface area (Å²) in [5.74, 6) is 1.06. The van der Waals surface area contributed by atoms with Crippen LogP contribution < -0.4 is 10.6 Å². The fourth-order valence-electron chi connectivity index (χ4n) is 3.28. The molecule has 0 radical (unpaired) electrons. The minimum absolute atomic E-state index is 0.328. The Kier molecular flexibility index (Phi) is 5.49. The molecular formula is C23H21ClN4O. The third kappa shape index (κ3) is 4.41. The van der Waals surface area contributed by atoms with E-state index in [4.69, 9.17) is 16.6 Å². The number of urea groups is 1. The number of aryl methyl sites for hydroxylation is 3. The van der Waals surface area contributed by atoms with Gasteiger partial charge in [0.2, 0.25) is 0 Å². The van der Waals surface area contributed by atoms with Gasteiger partial charge in [-0.15, -0.1) is 0 Å². The molecule has 4 rings (SSSR count). The van der Waals surface area contributed by atoms with Gasteiger partial charge in [0.05, 0.1) is 21.7 Å². The first-order valence-electron chi connectivity index (χ1n) is 9.42. The summed E-state index contributed by atoms with van der Waals surface area (Å²) in [5.41, 5.74) is 4.65. The zero-order valence-electron chi connectivity index (χ0n) is 16.0. The number of carbonyl (C=O) groups is 1. The molecule has 1 heterocycles. The topological polar surface area (TPSA) is 59.0 Å². The van der Waals surface area contributed by atoms with Crippen molar-refractivity contribution in [3.05, 3.63) is 89.2 Å². The fraction of sp³-hybridized carbons (Fsp3) is 0.130. The third-order valence-electron chi connectivity index (χ3n) is 4.85. The van der Waals surface area contributed by atoms with Crippen molar-refractivity contribution in [2.75, 3.05) is 10.6 Å². The summed E-state index contributed by atoms with van der Waals surface area (Å²) in [7, 11) is 2.05. The van der Waals surface area contributed by atoms with Gasteiger partial charge >= 0.3 is 6.03 Å². The van der Waals surface area contributed by atoms with E-state index in [9.17, 15) is 4.79 Å². The van der Waals surface area contributed by atoms with Crippen molar-refractivity contribution in [1.29, 1.82) is 0 Å². The number of aromatic nitrogens is 2. The van der Waals surface area contributed by atoms with E-state index in [1.165, 1.54) is 5.56 Å². The van der Waals surface area contributed by atoms with Crippen LogP contribution in [0.15, 0.2) is 72.8 Å². The normalized spacial score (nSPS) is 10.8. The molecular weight excluding hydrogens is 384 g/mol. The van der Waals surface area contributed by atoms with Gasteiger partial charge in [0.25, 0.3) is 0 Å². The number of para-hydroxylation sites is 3. The number of anilines is 2. The Morgan fingerprint density at radius 1 is 0.931 bits per heavy atom. The van der Waals surface area contributed by atoms with Crippen LogP contribution in [-0.2, 0) is 19.9 Å². The van der Waals surface area contributed by atoms with Crippen LogP contribution in [0.2, 0.25) is 5.02 Å². The molecule has 29 heavy (non-hydrogen) atoms. The Morgan fingerprint density at radius 3 is 2.41 bits per heavy atom. The van der Waals surface area contributed by atoms with E-state index in [1.54, 1.807) is 12.1 Å². The van der Waals surface area contributed by atoms with Crippen LogP contribution in [0.1, 0.15) is 11.4 Å². The number of nitrogens with zero attached hydrogens (tertiary/aromatic N) is 2. The Labute approximate surface area is 174 Å². The van der Waals surface area contributed by atoms with Crippen molar-refractivity contribution in [2.24, 2.45) is 7.05 Å². The van der Waals surface area contributed by atoms with Crippen LogP contribution in [0.4, 0.5) is 16.2 Å². The predicted molar refractivity (Wildman–Crippen MR) is 119 cm³/mol. The molecule has 0 aliphatic heterocycles. The number of imidazole rings is 1. The molecule has 2 N–H and O–H groups in total. The summed E-state index contributed by atoms with van der Waals surface area (Å²) in [4.78, 5) is 16.9. The van der Waals surface area contributed by atoms with Crippen LogP contribution in [0, 0.1) is 0 Å². The maximum absolute atomic E-state index is 12.2. The van der Waals surface area contributed by atoms with Crippen LogP contribution in [-0.4, -0.2) is 15.6 Å². The molecule has 4 aromatic rings. The van der Waals surface area contributed by atoms with Crippen molar-refractivity contribution < 1.29 is 4.79 Å². The summed E-state index contributed by atoms with van der Waals surface area (Å²) < 4.78 is 2.14. The second-order valence-corrected chi connectivity index (χ2v) is 7.24. The van der Waals surface area contributed by atoms with Crippen molar-refractivity contribution in [3.8, 4) is 0 Å². The summed E-state index contributed by atoms with van der Waals surface area (Å²) in [6.45, 7) is 0. The fourth-order valence-corrected chi connectivity index (χ4v) is 3.46. The van der Waals surface area contributed by atoms with Gasteiger partial charge in [0.15, 0.2) is 0 Å². The average Bonchev–Trinajstić information content (AvgIpc) is 3.05. The molecule has 0 spiro atoms. The van der Waals surface area contributed by atoms with E-state index in [1.807, 2.05) is 54.6 Å². The van der Waals surface area contributed by atoms with E-state index < -0.39 is 0 Å². The minimum Gasteiger partial charge on any atom is -0.331 e. The van der Waals surface area contributed by atoms with E-state index in [2.05, 4.69) is 28.3 Å². The number of nitrogens with one attached hydrogen (secondary N) is 2. The summed E-state index contributed by atoms with van der Waals surface area (Å²) >= 11 is 6.06. The van der Waals surface area contributed by atoms with Crippen molar-refractivity contribution >= 4 is 40.0 Å². The molecule has 5 nitrogen and oxygen atoms in total. The van der Waals surface area contributed by atoms with Crippen molar-refractivity contribution in [1.82, 2.24) is 9.55 Å². The second kappa shape index (κ2) is 8.37. The van der Waals surface area contributed by atoms with E-state index in [0.717, 1.165) is 35.4 Å². The highest BCUT2D eigenvalue weighted by atomic mass is 35.5. The summed E-state index contributed by atoms with van der Waals surface area (Å²) in [5, 5.41) is 6.07. The quantitative estimate of drug-likeness (QED) is 0.451. The Morgan fingerprint density at radius 2 is 1.66 bits per heavy atom. The van der Waals surface area contributed by atoms with Gasteiger partial charge in [-0.3, -0.25) is 0 Å². The number of fused-ring (bicyclic) bond motifs is 1. The average molecular weight is 405 g/mol. The zero-order chi connectivity index (χ0) is 20.2. The molecule has 0 aliphatic rings. The van der Waals surface area contributed by atoms with Crippen LogP contribution in [0.25, 0.3) is 11.0 Å². The third-order valence-corrected chi connectivity index (χ3v) is 5.18. The standard InChI is InChI=1S/C23H21ClN4O/c1-28-21-9-5-4-8-20(21)26-22(28)15-12-16-10-13-17(14-11-16)25-23(29)27-19-7-3-2-6-18(19)24/h2-11,13-14H,12,15H2,1H3,(H2,25,27,29). The van der Waals surface area contributed by atoms with Gasteiger partial charge in [-0.05, 0) is 48.4 Å². The van der Waals surface area contributed by atoms with Crippen molar-refractivity contribution in [3.63, 3.8) is 0 Å². The number of amides is 2. The lowest BCUT2D eigenvalue weighted by Gasteiger charge is -2.09. The van der Waals surface area contributed by atoms with Gasteiger partial charge in [-0.2, -0.15) is 0 Å². The number of halogens is 1. The minimum atomic E-state index is -0.328. The molecule has 6 heteroatoms. The maximum Gasteiger partial charge on any atom is 0.323 e. The number of carbonyl (C=O) groups excluding carboxylic acids is 1. The van der Waals surface area contributed by atoms with Gasteiger partial charge in [0.1, 0.15) is 5.82 Å². The lowest BCUT2D eigenvalue weighted by Crippen LogP contribution is -2.19. The maximum atomic E-state index is 12.2. The molecule has 0 fully saturated rings. The highest BCUT2D eigenvalue weighted by Crippen LogP contribution is 2.21. The van der Waals surface area contributed by atoms with Crippen LogP contribution in [0.3, 0.4) is 0 Å². The Hall–Kier alpha value is -3.31.